The quantitative estimate of drug-likeness (QED) is 0.805. The Hall–Kier alpha value is -2.48. The summed E-state index contributed by atoms with van der Waals surface area (Å²) >= 11 is 0. The molecule has 0 radical (unpaired) electrons. The van der Waals surface area contributed by atoms with Gasteiger partial charge in [-0.05, 0) is 25.3 Å². The largest absolute Gasteiger partial charge is 0.386 e. The van der Waals surface area contributed by atoms with Gasteiger partial charge >= 0.3 is 0 Å². The smallest absolute Gasteiger partial charge is 0.269 e. The number of β-amino-alcohol motifs (C(OH)–C–C–N with tert-alkyl or cyclic N) is 1. The van der Waals surface area contributed by atoms with Crippen LogP contribution in [0.4, 0.5) is 5.82 Å². The minimum absolute atomic E-state index is 0.189. The molecule has 8 nitrogen and oxygen atoms in total. The van der Waals surface area contributed by atoms with Gasteiger partial charge in [-0.15, -0.1) is 0 Å². The maximum Gasteiger partial charge on any atom is 0.269 e. The van der Waals surface area contributed by atoms with Crippen LogP contribution < -0.4 is 10.2 Å². The highest BCUT2D eigenvalue weighted by atomic mass is 16.3. The minimum Gasteiger partial charge on any atom is -0.386 e. The van der Waals surface area contributed by atoms with Crippen LogP contribution in [0.3, 0.4) is 0 Å². The first-order valence-electron chi connectivity index (χ1n) is 9.01. The van der Waals surface area contributed by atoms with Crippen LogP contribution in [0, 0.1) is 0 Å². The number of aromatic nitrogens is 4. The molecular formula is C18H26N6O2. The third-order valence-corrected chi connectivity index (χ3v) is 4.71. The zero-order valence-electron chi connectivity index (χ0n) is 15.5. The van der Waals surface area contributed by atoms with Gasteiger partial charge in [-0.1, -0.05) is 13.8 Å². The van der Waals surface area contributed by atoms with Crippen molar-refractivity contribution in [2.45, 2.75) is 45.3 Å². The topological polar surface area (TPSA) is 96.2 Å². The highest BCUT2D eigenvalue weighted by Crippen LogP contribution is 2.24. The van der Waals surface area contributed by atoms with E-state index in [1.54, 1.807) is 23.3 Å². The number of hydrogen-bond acceptors (Lipinski definition) is 6. The SMILES string of the molecule is CCn1nc(C(C)C)cc1C(=O)NC[C@@]1(O)CCN(c2cnccn2)C1. The fourth-order valence-corrected chi connectivity index (χ4v) is 3.13. The fourth-order valence-electron chi connectivity index (χ4n) is 3.13. The van der Waals surface area contributed by atoms with E-state index in [1.807, 2.05) is 31.7 Å². The van der Waals surface area contributed by atoms with Gasteiger partial charge in [-0.25, -0.2) is 4.98 Å². The lowest BCUT2D eigenvalue weighted by molar-refractivity contribution is 0.0572. The molecule has 26 heavy (non-hydrogen) atoms. The molecule has 2 N–H and O–H groups in total. The summed E-state index contributed by atoms with van der Waals surface area (Å²) < 4.78 is 1.70. The molecule has 0 aromatic carbocycles. The van der Waals surface area contributed by atoms with Gasteiger partial charge in [0, 0.05) is 38.6 Å². The Kier molecular flexibility index (Phi) is 5.22. The van der Waals surface area contributed by atoms with Gasteiger partial charge in [0.15, 0.2) is 0 Å². The zero-order chi connectivity index (χ0) is 18.7. The maximum atomic E-state index is 12.6. The fraction of sp³-hybridized carbons (Fsp3) is 0.556. The first kappa shape index (κ1) is 18.3. The molecule has 0 spiro atoms. The first-order chi connectivity index (χ1) is 12.4. The molecule has 1 aliphatic heterocycles. The summed E-state index contributed by atoms with van der Waals surface area (Å²) in [5, 5.41) is 18.1. The molecule has 1 amide bonds. The average Bonchev–Trinajstić information content (AvgIpc) is 3.25. The molecule has 2 aromatic heterocycles. The molecular weight excluding hydrogens is 332 g/mol. The molecule has 0 unspecified atom stereocenters. The van der Waals surface area contributed by atoms with Gasteiger partial charge in [0.2, 0.25) is 0 Å². The molecule has 1 aliphatic rings. The number of carbonyl (C=O) groups excluding carboxylic acids is 1. The normalized spacial score (nSPS) is 20.0. The highest BCUT2D eigenvalue weighted by Gasteiger charge is 2.37. The summed E-state index contributed by atoms with van der Waals surface area (Å²) in [5.74, 6) is 0.784. The van der Waals surface area contributed by atoms with Crippen molar-refractivity contribution in [3.63, 3.8) is 0 Å². The van der Waals surface area contributed by atoms with Crippen molar-refractivity contribution < 1.29 is 9.90 Å². The van der Waals surface area contributed by atoms with Gasteiger partial charge < -0.3 is 15.3 Å². The number of amides is 1. The number of aryl methyl sites for hydroxylation is 1. The molecule has 0 saturated carbocycles. The number of hydrogen-bond donors (Lipinski definition) is 2. The predicted octanol–water partition coefficient (Wildman–Crippen LogP) is 1.19. The third-order valence-electron chi connectivity index (χ3n) is 4.71. The minimum atomic E-state index is -0.981. The number of nitrogens with zero attached hydrogens (tertiary/aromatic N) is 5. The van der Waals surface area contributed by atoms with Crippen LogP contribution in [0.15, 0.2) is 24.7 Å². The van der Waals surface area contributed by atoms with Crippen LogP contribution in [-0.4, -0.2) is 56.0 Å². The van der Waals surface area contributed by atoms with Crippen LogP contribution in [0.5, 0.6) is 0 Å². The molecule has 2 aromatic rings. The molecule has 0 aliphatic carbocycles. The standard InChI is InChI=1S/C18H26N6O2/c1-4-24-15(9-14(22-24)13(2)3)17(25)21-11-18(26)5-8-23(12-18)16-10-19-6-7-20-16/h6-7,9-10,13,26H,4-5,8,11-12H2,1-3H3,(H,21,25)/t18-/m0/s1. The predicted molar refractivity (Wildman–Crippen MR) is 98.1 cm³/mol. The van der Waals surface area contributed by atoms with Crippen LogP contribution in [0.2, 0.25) is 0 Å². The van der Waals surface area contributed by atoms with E-state index in [1.165, 1.54) is 0 Å². The Balaban J connectivity index is 1.63. The molecule has 1 atom stereocenters. The van der Waals surface area contributed by atoms with Gasteiger partial charge in [0.05, 0.1) is 11.9 Å². The van der Waals surface area contributed by atoms with E-state index in [0.717, 1.165) is 11.5 Å². The second kappa shape index (κ2) is 7.41. The summed E-state index contributed by atoms with van der Waals surface area (Å²) in [7, 11) is 0. The van der Waals surface area contributed by atoms with Gasteiger partial charge in [-0.3, -0.25) is 14.5 Å². The second-order valence-corrected chi connectivity index (χ2v) is 7.07. The maximum absolute atomic E-state index is 12.6. The lowest BCUT2D eigenvalue weighted by Crippen LogP contribution is -2.45. The Morgan fingerprint density at radius 3 is 2.88 bits per heavy atom. The van der Waals surface area contributed by atoms with Crippen molar-refractivity contribution in [1.29, 1.82) is 0 Å². The number of anilines is 1. The van der Waals surface area contributed by atoms with E-state index in [0.29, 0.717) is 31.7 Å². The number of aliphatic hydroxyl groups is 1. The van der Waals surface area contributed by atoms with Crippen molar-refractivity contribution >= 4 is 11.7 Å². The van der Waals surface area contributed by atoms with Crippen LogP contribution in [-0.2, 0) is 6.54 Å². The summed E-state index contributed by atoms with van der Waals surface area (Å²) in [4.78, 5) is 22.9. The van der Waals surface area contributed by atoms with Crippen LogP contribution in [0.25, 0.3) is 0 Å². The molecule has 140 valence electrons. The van der Waals surface area contributed by atoms with Crippen molar-refractivity contribution in [3.05, 3.63) is 36.0 Å². The summed E-state index contributed by atoms with van der Waals surface area (Å²) in [5.41, 5.74) is 0.444. The molecule has 3 heterocycles. The van der Waals surface area contributed by atoms with Gasteiger partial charge in [0.25, 0.3) is 5.91 Å². The second-order valence-electron chi connectivity index (χ2n) is 7.07. The Morgan fingerprint density at radius 2 is 2.23 bits per heavy atom. The lowest BCUT2D eigenvalue weighted by atomic mass is 10.0. The van der Waals surface area contributed by atoms with Crippen molar-refractivity contribution in [1.82, 2.24) is 25.1 Å². The first-order valence-corrected chi connectivity index (χ1v) is 9.01. The van der Waals surface area contributed by atoms with Crippen LogP contribution >= 0.6 is 0 Å². The average molecular weight is 358 g/mol. The molecule has 3 rings (SSSR count). The molecule has 0 bridgehead atoms. The Morgan fingerprint density at radius 1 is 1.42 bits per heavy atom. The third kappa shape index (κ3) is 3.85. The van der Waals surface area contributed by atoms with E-state index in [2.05, 4.69) is 20.4 Å². The van der Waals surface area contributed by atoms with Crippen molar-refractivity contribution in [2.75, 3.05) is 24.5 Å². The van der Waals surface area contributed by atoms with Crippen molar-refractivity contribution in [2.24, 2.45) is 0 Å². The van der Waals surface area contributed by atoms with Crippen LogP contribution in [0.1, 0.15) is 49.3 Å². The van der Waals surface area contributed by atoms with E-state index < -0.39 is 5.60 Å². The Bertz CT molecular complexity index is 760. The number of rotatable bonds is 6. The zero-order valence-corrected chi connectivity index (χ0v) is 15.5. The summed E-state index contributed by atoms with van der Waals surface area (Å²) in [6.45, 7) is 7.95. The molecule has 8 heteroatoms. The summed E-state index contributed by atoms with van der Waals surface area (Å²) in [6, 6.07) is 1.83. The molecule has 1 fully saturated rings. The number of carbonyl (C=O) groups is 1. The number of nitrogens with one attached hydrogen (secondary N) is 1. The van der Waals surface area contributed by atoms with E-state index in [4.69, 9.17) is 0 Å². The Labute approximate surface area is 153 Å². The van der Waals surface area contributed by atoms with E-state index >= 15 is 0 Å². The highest BCUT2D eigenvalue weighted by molar-refractivity contribution is 5.92. The molecule has 1 saturated heterocycles. The monoisotopic (exact) mass is 358 g/mol. The van der Waals surface area contributed by atoms with Gasteiger partial charge in [-0.2, -0.15) is 5.10 Å². The van der Waals surface area contributed by atoms with E-state index in [9.17, 15) is 9.90 Å². The summed E-state index contributed by atoms with van der Waals surface area (Å²) in [6.07, 6.45) is 5.49. The van der Waals surface area contributed by atoms with Crippen molar-refractivity contribution in [3.8, 4) is 0 Å². The van der Waals surface area contributed by atoms with E-state index in [-0.39, 0.29) is 18.4 Å². The lowest BCUT2D eigenvalue weighted by Gasteiger charge is -2.24. The van der Waals surface area contributed by atoms with Gasteiger partial charge in [0.1, 0.15) is 17.1 Å².